The topological polar surface area (TPSA) is 54.9 Å². The highest BCUT2D eigenvalue weighted by atomic mass is 32.2. The predicted molar refractivity (Wildman–Crippen MR) is 98.9 cm³/mol. The maximum Gasteiger partial charge on any atom is 0.230 e. The van der Waals surface area contributed by atoms with Gasteiger partial charge >= 0.3 is 0 Å². The second-order valence-electron chi connectivity index (χ2n) is 5.12. The molecule has 120 valence electrons. The maximum absolute atomic E-state index is 11.8. The fraction of sp³-hybridized carbons (Fsp3) is 0.105. The number of hydrogen-bond acceptors (Lipinski definition) is 4. The molecule has 0 saturated heterocycles. The maximum atomic E-state index is 11.8. The van der Waals surface area contributed by atoms with Gasteiger partial charge in [-0.1, -0.05) is 66.4 Å². The zero-order valence-electron chi connectivity index (χ0n) is 13.1. The number of thioether (sulfide) groups is 1. The summed E-state index contributed by atoms with van der Waals surface area (Å²) in [5.74, 6) is 0.940. The number of para-hydroxylation sites is 1. The summed E-state index contributed by atoms with van der Waals surface area (Å²) in [5.41, 5.74) is 1.83. The van der Waals surface area contributed by atoms with E-state index >= 15 is 0 Å². The Bertz CT molecular complexity index is 865. The largest absolute Gasteiger partial charge is 0.352 e. The monoisotopic (exact) mass is 335 g/mol. The van der Waals surface area contributed by atoms with Gasteiger partial charge in [0.25, 0.3) is 0 Å². The fourth-order valence-corrected chi connectivity index (χ4v) is 3.09. The van der Waals surface area contributed by atoms with Gasteiger partial charge < -0.3 is 5.32 Å². The Hall–Kier alpha value is -2.66. The molecule has 2 aromatic carbocycles. The molecule has 3 aromatic rings. The van der Waals surface area contributed by atoms with E-state index in [-0.39, 0.29) is 5.91 Å². The van der Waals surface area contributed by atoms with Crippen LogP contribution in [0.1, 0.15) is 0 Å². The van der Waals surface area contributed by atoms with Crippen molar-refractivity contribution in [2.75, 3.05) is 12.3 Å². The molecule has 1 heterocycles. The lowest BCUT2D eigenvalue weighted by molar-refractivity contribution is -0.118. The van der Waals surface area contributed by atoms with Crippen molar-refractivity contribution in [3.63, 3.8) is 0 Å². The SMILES string of the molecule is C=CCNC(=O)CSc1nc(-c2ccccc2)nc2ccccc12. The van der Waals surface area contributed by atoms with E-state index in [0.717, 1.165) is 21.5 Å². The Morgan fingerprint density at radius 2 is 1.83 bits per heavy atom. The highest BCUT2D eigenvalue weighted by Crippen LogP contribution is 2.28. The van der Waals surface area contributed by atoms with Gasteiger partial charge in [-0.2, -0.15) is 0 Å². The van der Waals surface area contributed by atoms with Crippen LogP contribution in [-0.4, -0.2) is 28.2 Å². The molecule has 0 fully saturated rings. The average molecular weight is 335 g/mol. The summed E-state index contributed by atoms with van der Waals surface area (Å²) in [7, 11) is 0. The van der Waals surface area contributed by atoms with Gasteiger partial charge in [0.05, 0.1) is 11.3 Å². The van der Waals surface area contributed by atoms with Gasteiger partial charge in [0.1, 0.15) is 5.03 Å². The molecule has 1 aromatic heterocycles. The molecular weight excluding hydrogens is 318 g/mol. The zero-order valence-corrected chi connectivity index (χ0v) is 13.9. The summed E-state index contributed by atoms with van der Waals surface area (Å²) >= 11 is 1.42. The Morgan fingerprint density at radius 1 is 1.08 bits per heavy atom. The van der Waals surface area contributed by atoms with Crippen molar-refractivity contribution in [3.8, 4) is 11.4 Å². The van der Waals surface area contributed by atoms with Crippen molar-refractivity contribution in [3.05, 3.63) is 67.3 Å². The minimum atomic E-state index is -0.0381. The molecule has 1 N–H and O–H groups in total. The number of hydrogen-bond donors (Lipinski definition) is 1. The molecule has 0 atom stereocenters. The fourth-order valence-electron chi connectivity index (χ4n) is 2.24. The van der Waals surface area contributed by atoms with Crippen LogP contribution in [0.4, 0.5) is 0 Å². The average Bonchev–Trinajstić information content (AvgIpc) is 2.65. The van der Waals surface area contributed by atoms with E-state index in [1.165, 1.54) is 11.8 Å². The molecular formula is C19H17N3OS. The predicted octanol–water partition coefficient (Wildman–Crippen LogP) is 3.69. The number of fused-ring (bicyclic) bond motifs is 1. The van der Waals surface area contributed by atoms with Crippen LogP contribution in [0.2, 0.25) is 0 Å². The lowest BCUT2D eigenvalue weighted by Gasteiger charge is -2.08. The van der Waals surface area contributed by atoms with Crippen molar-refractivity contribution < 1.29 is 4.79 Å². The van der Waals surface area contributed by atoms with E-state index < -0.39 is 0 Å². The Labute approximate surface area is 145 Å². The molecule has 0 aliphatic rings. The summed E-state index contributed by atoms with van der Waals surface area (Å²) < 4.78 is 0. The number of aromatic nitrogens is 2. The Morgan fingerprint density at radius 3 is 2.62 bits per heavy atom. The van der Waals surface area contributed by atoms with E-state index in [2.05, 4.69) is 21.9 Å². The highest BCUT2D eigenvalue weighted by molar-refractivity contribution is 8.00. The first-order valence-electron chi connectivity index (χ1n) is 7.60. The van der Waals surface area contributed by atoms with Gasteiger partial charge in [0.2, 0.25) is 5.91 Å². The van der Waals surface area contributed by atoms with Gasteiger partial charge in [-0.25, -0.2) is 9.97 Å². The van der Waals surface area contributed by atoms with Crippen LogP contribution in [0.5, 0.6) is 0 Å². The second kappa shape index (κ2) is 7.75. The second-order valence-corrected chi connectivity index (χ2v) is 6.08. The molecule has 0 radical (unpaired) electrons. The molecule has 0 saturated carbocycles. The van der Waals surface area contributed by atoms with Gasteiger partial charge in [0, 0.05) is 17.5 Å². The van der Waals surface area contributed by atoms with Crippen LogP contribution >= 0.6 is 11.8 Å². The molecule has 4 nitrogen and oxygen atoms in total. The third-order valence-electron chi connectivity index (χ3n) is 3.38. The first kappa shape index (κ1) is 16.2. The smallest absolute Gasteiger partial charge is 0.230 e. The first-order chi connectivity index (χ1) is 11.8. The van der Waals surface area contributed by atoms with Crippen molar-refractivity contribution in [2.45, 2.75) is 5.03 Å². The van der Waals surface area contributed by atoms with Crippen LogP contribution in [0.25, 0.3) is 22.3 Å². The number of carbonyl (C=O) groups is 1. The summed E-state index contributed by atoms with van der Waals surface area (Å²) in [6, 6.07) is 17.7. The van der Waals surface area contributed by atoms with Crippen molar-refractivity contribution in [1.29, 1.82) is 0 Å². The van der Waals surface area contributed by atoms with E-state index in [1.807, 2.05) is 54.6 Å². The van der Waals surface area contributed by atoms with Crippen molar-refractivity contribution in [2.24, 2.45) is 0 Å². The standard InChI is InChI=1S/C19H17N3OS/c1-2-12-20-17(23)13-24-19-15-10-6-7-11-16(15)21-18(22-19)14-8-4-3-5-9-14/h2-11H,1,12-13H2,(H,20,23). The highest BCUT2D eigenvalue weighted by Gasteiger charge is 2.11. The first-order valence-corrected chi connectivity index (χ1v) is 8.59. The number of nitrogens with one attached hydrogen (secondary N) is 1. The Balaban J connectivity index is 1.93. The lowest BCUT2D eigenvalue weighted by Crippen LogP contribution is -2.24. The van der Waals surface area contributed by atoms with Crippen molar-refractivity contribution in [1.82, 2.24) is 15.3 Å². The third kappa shape index (κ3) is 3.81. The van der Waals surface area contributed by atoms with Crippen LogP contribution in [0.3, 0.4) is 0 Å². The molecule has 0 aliphatic heterocycles. The molecule has 0 bridgehead atoms. The minimum absolute atomic E-state index is 0.0381. The summed E-state index contributed by atoms with van der Waals surface area (Å²) in [4.78, 5) is 21.2. The zero-order chi connectivity index (χ0) is 16.8. The summed E-state index contributed by atoms with van der Waals surface area (Å²) in [6.45, 7) is 4.07. The van der Waals surface area contributed by atoms with Crippen LogP contribution in [-0.2, 0) is 4.79 Å². The van der Waals surface area contributed by atoms with E-state index in [0.29, 0.717) is 18.1 Å². The number of nitrogens with zero attached hydrogens (tertiary/aromatic N) is 2. The number of benzene rings is 2. The van der Waals surface area contributed by atoms with Gasteiger partial charge in [-0.05, 0) is 6.07 Å². The molecule has 3 rings (SSSR count). The normalized spacial score (nSPS) is 10.5. The van der Waals surface area contributed by atoms with Gasteiger partial charge in [-0.15, -0.1) is 6.58 Å². The van der Waals surface area contributed by atoms with Gasteiger partial charge in [-0.3, -0.25) is 4.79 Å². The quantitative estimate of drug-likeness (QED) is 0.424. The lowest BCUT2D eigenvalue weighted by atomic mass is 10.2. The molecule has 0 aliphatic carbocycles. The molecule has 24 heavy (non-hydrogen) atoms. The number of carbonyl (C=O) groups excluding carboxylic acids is 1. The summed E-state index contributed by atoms with van der Waals surface area (Å²) in [6.07, 6.45) is 1.66. The third-order valence-corrected chi connectivity index (χ3v) is 4.37. The van der Waals surface area contributed by atoms with Crippen LogP contribution < -0.4 is 5.32 Å². The molecule has 1 amide bonds. The molecule has 5 heteroatoms. The van der Waals surface area contributed by atoms with E-state index in [1.54, 1.807) is 6.08 Å². The van der Waals surface area contributed by atoms with Gasteiger partial charge in [0.15, 0.2) is 5.82 Å². The van der Waals surface area contributed by atoms with E-state index in [9.17, 15) is 4.79 Å². The summed E-state index contributed by atoms with van der Waals surface area (Å²) in [5, 5.41) is 4.55. The number of amides is 1. The molecule has 0 spiro atoms. The molecule has 0 unspecified atom stereocenters. The van der Waals surface area contributed by atoms with Crippen molar-refractivity contribution >= 4 is 28.6 Å². The minimum Gasteiger partial charge on any atom is -0.352 e. The van der Waals surface area contributed by atoms with E-state index in [4.69, 9.17) is 0 Å². The number of rotatable bonds is 6. The Kier molecular flexibility index (Phi) is 5.23. The van der Waals surface area contributed by atoms with Crippen LogP contribution in [0, 0.1) is 0 Å². The van der Waals surface area contributed by atoms with Crippen LogP contribution in [0.15, 0.2) is 72.3 Å².